The Morgan fingerprint density at radius 3 is 2.67 bits per heavy atom. The van der Waals surface area contributed by atoms with Gasteiger partial charge in [0.25, 0.3) is 0 Å². The van der Waals surface area contributed by atoms with Crippen molar-refractivity contribution in [2.75, 3.05) is 10.6 Å². The van der Waals surface area contributed by atoms with Crippen LogP contribution >= 0.6 is 11.5 Å². The Morgan fingerprint density at radius 1 is 1.25 bits per heavy atom. The van der Waals surface area contributed by atoms with Crippen LogP contribution in [0.3, 0.4) is 0 Å². The third-order valence-electron chi connectivity index (χ3n) is 3.97. The minimum Gasteiger partial charge on any atom is -0.307 e. The fourth-order valence-corrected chi connectivity index (χ4v) is 3.41. The van der Waals surface area contributed by atoms with Gasteiger partial charge in [-0.05, 0) is 38.0 Å². The molecule has 0 unspecified atom stereocenters. The molecule has 0 atom stereocenters. The summed E-state index contributed by atoms with van der Waals surface area (Å²) in [6.07, 6.45) is 3.63. The number of anilines is 2. The molecule has 1 aliphatic rings. The molecular weight excluding hydrogens is 331 g/mol. The van der Waals surface area contributed by atoms with Gasteiger partial charge in [0.15, 0.2) is 5.78 Å². The van der Waals surface area contributed by atoms with Crippen molar-refractivity contribution in [1.82, 2.24) is 9.36 Å². The van der Waals surface area contributed by atoms with E-state index in [4.69, 9.17) is 0 Å². The first-order valence-corrected chi connectivity index (χ1v) is 8.52. The zero-order valence-electron chi connectivity index (χ0n) is 13.1. The van der Waals surface area contributed by atoms with E-state index >= 15 is 0 Å². The summed E-state index contributed by atoms with van der Waals surface area (Å²) in [6.45, 7) is 1.72. The zero-order valence-corrected chi connectivity index (χ0v) is 14.0. The van der Waals surface area contributed by atoms with Crippen molar-refractivity contribution in [2.45, 2.75) is 32.6 Å². The Hall–Kier alpha value is -2.35. The van der Waals surface area contributed by atoms with E-state index in [0.717, 1.165) is 37.2 Å². The maximum Gasteiger partial charge on any atom is 0.325 e. The molecule has 2 amide bonds. The number of urea groups is 1. The monoisotopic (exact) mass is 348 g/mol. The lowest BCUT2D eigenvalue weighted by Gasteiger charge is -2.13. The molecule has 6 nitrogen and oxygen atoms in total. The van der Waals surface area contributed by atoms with E-state index in [1.54, 1.807) is 6.92 Å². The highest BCUT2D eigenvalue weighted by Crippen LogP contribution is 2.31. The van der Waals surface area contributed by atoms with Crippen molar-refractivity contribution in [1.29, 1.82) is 0 Å². The highest BCUT2D eigenvalue weighted by atomic mass is 32.1. The normalized spacial score (nSPS) is 14.6. The Labute approximate surface area is 142 Å². The summed E-state index contributed by atoms with van der Waals surface area (Å²) < 4.78 is 17.6. The Kier molecular flexibility index (Phi) is 4.84. The molecule has 0 saturated heterocycles. The maximum absolute atomic E-state index is 13.6. The Bertz CT molecular complexity index is 771. The topological polar surface area (TPSA) is 84.0 Å². The molecule has 2 N–H and O–H groups in total. The van der Waals surface area contributed by atoms with Crippen molar-refractivity contribution in [2.24, 2.45) is 5.92 Å². The number of aromatic nitrogens is 2. The van der Waals surface area contributed by atoms with Crippen molar-refractivity contribution in [3.63, 3.8) is 0 Å². The number of ketones is 1. The lowest BCUT2D eigenvalue weighted by Crippen LogP contribution is -2.22. The van der Waals surface area contributed by atoms with Gasteiger partial charge in [-0.15, -0.1) is 0 Å². The number of rotatable bonds is 4. The van der Waals surface area contributed by atoms with Gasteiger partial charge in [0.1, 0.15) is 11.6 Å². The summed E-state index contributed by atoms with van der Waals surface area (Å²) in [6, 6.07) is 3.27. The third-order valence-corrected chi connectivity index (χ3v) is 4.69. The molecule has 0 radical (unpaired) electrons. The van der Waals surface area contributed by atoms with Crippen LogP contribution < -0.4 is 10.6 Å². The maximum atomic E-state index is 13.6. The second-order valence-corrected chi connectivity index (χ2v) is 6.51. The van der Waals surface area contributed by atoms with Crippen LogP contribution in [-0.4, -0.2) is 21.2 Å². The SMILES string of the molecule is Cc1nsc(NC(=O)Nc2ccc(F)cc2C(=O)C2CCCC2)n1. The highest BCUT2D eigenvalue weighted by Gasteiger charge is 2.26. The summed E-state index contributed by atoms with van der Waals surface area (Å²) in [5.74, 6) is -0.147. The van der Waals surface area contributed by atoms with Crippen molar-refractivity contribution >= 4 is 34.2 Å². The van der Waals surface area contributed by atoms with Crippen LogP contribution in [0.1, 0.15) is 41.9 Å². The minimum atomic E-state index is -0.543. The average Bonchev–Trinajstić information content (AvgIpc) is 3.20. The predicted molar refractivity (Wildman–Crippen MR) is 90.0 cm³/mol. The number of aryl methyl sites for hydroxylation is 1. The van der Waals surface area contributed by atoms with Gasteiger partial charge in [-0.25, -0.2) is 14.2 Å². The summed E-state index contributed by atoms with van der Waals surface area (Å²) in [7, 11) is 0. The van der Waals surface area contributed by atoms with Crippen LogP contribution in [0.5, 0.6) is 0 Å². The molecule has 2 aromatic rings. The van der Waals surface area contributed by atoms with Crippen LogP contribution in [0.15, 0.2) is 18.2 Å². The Balaban J connectivity index is 1.77. The summed E-state index contributed by atoms with van der Waals surface area (Å²) >= 11 is 1.06. The fraction of sp³-hybridized carbons (Fsp3) is 0.375. The number of carbonyl (C=O) groups excluding carboxylic acids is 2. The van der Waals surface area contributed by atoms with Gasteiger partial charge in [-0.2, -0.15) is 4.37 Å². The first-order valence-electron chi connectivity index (χ1n) is 7.75. The van der Waals surface area contributed by atoms with Gasteiger partial charge < -0.3 is 5.32 Å². The molecule has 8 heteroatoms. The summed E-state index contributed by atoms with van der Waals surface area (Å²) in [5, 5.41) is 5.51. The summed E-state index contributed by atoms with van der Waals surface area (Å²) in [5.41, 5.74) is 0.512. The third kappa shape index (κ3) is 3.76. The summed E-state index contributed by atoms with van der Waals surface area (Å²) in [4.78, 5) is 28.7. The number of hydrogen-bond donors (Lipinski definition) is 2. The standard InChI is InChI=1S/C16H17FN4O2S/c1-9-18-16(24-21-9)20-15(23)19-13-7-6-11(17)8-12(13)14(22)10-4-2-3-5-10/h6-8,10H,2-5H2,1H3,(H2,18,19,20,21,23). The lowest BCUT2D eigenvalue weighted by molar-refractivity contribution is 0.0923. The molecule has 1 aliphatic carbocycles. The molecular formula is C16H17FN4O2S. The number of carbonyl (C=O) groups is 2. The molecule has 0 spiro atoms. The average molecular weight is 348 g/mol. The van der Waals surface area contributed by atoms with Gasteiger partial charge in [0.2, 0.25) is 5.13 Å². The number of amides is 2. The van der Waals surface area contributed by atoms with E-state index in [9.17, 15) is 14.0 Å². The molecule has 1 saturated carbocycles. The van der Waals surface area contributed by atoms with Crippen LogP contribution in [0.4, 0.5) is 20.0 Å². The van der Waals surface area contributed by atoms with Crippen LogP contribution in [-0.2, 0) is 0 Å². The smallest absolute Gasteiger partial charge is 0.307 e. The molecule has 0 bridgehead atoms. The quantitative estimate of drug-likeness (QED) is 0.818. The van der Waals surface area contributed by atoms with Gasteiger partial charge in [-0.3, -0.25) is 10.1 Å². The minimum absolute atomic E-state index is 0.0961. The first kappa shape index (κ1) is 16.5. The number of nitrogens with one attached hydrogen (secondary N) is 2. The van der Waals surface area contributed by atoms with Crippen LogP contribution in [0.25, 0.3) is 0 Å². The first-order chi connectivity index (χ1) is 11.5. The number of nitrogens with zero attached hydrogens (tertiary/aromatic N) is 2. The molecule has 1 heterocycles. The largest absolute Gasteiger partial charge is 0.325 e. The lowest BCUT2D eigenvalue weighted by atomic mass is 9.95. The molecule has 3 rings (SSSR count). The van der Waals surface area contributed by atoms with Crippen molar-refractivity contribution < 1.29 is 14.0 Å². The van der Waals surface area contributed by atoms with Crippen LogP contribution in [0.2, 0.25) is 0 Å². The zero-order chi connectivity index (χ0) is 17.1. The second kappa shape index (κ2) is 7.04. The van der Waals surface area contributed by atoms with E-state index in [0.29, 0.717) is 16.6 Å². The molecule has 1 fully saturated rings. The molecule has 1 aromatic heterocycles. The molecule has 0 aliphatic heterocycles. The van der Waals surface area contributed by atoms with Crippen LogP contribution in [0, 0.1) is 18.7 Å². The van der Waals surface area contributed by atoms with E-state index in [2.05, 4.69) is 20.0 Å². The predicted octanol–water partition coefficient (Wildman–Crippen LogP) is 4.00. The number of halogens is 1. The number of benzene rings is 1. The Morgan fingerprint density at radius 2 is 2.00 bits per heavy atom. The van der Waals surface area contributed by atoms with Gasteiger partial charge in [-0.1, -0.05) is 12.8 Å². The van der Waals surface area contributed by atoms with Gasteiger partial charge in [0.05, 0.1) is 5.69 Å². The molecule has 24 heavy (non-hydrogen) atoms. The molecule has 126 valence electrons. The van der Waals surface area contributed by atoms with Gasteiger partial charge >= 0.3 is 6.03 Å². The fourth-order valence-electron chi connectivity index (χ4n) is 2.84. The highest BCUT2D eigenvalue weighted by molar-refractivity contribution is 7.09. The van der Waals surface area contributed by atoms with E-state index in [1.807, 2.05) is 0 Å². The van der Waals surface area contributed by atoms with Crippen molar-refractivity contribution in [3.8, 4) is 0 Å². The van der Waals surface area contributed by atoms with E-state index in [1.165, 1.54) is 18.2 Å². The molecule has 1 aromatic carbocycles. The van der Waals surface area contributed by atoms with Gasteiger partial charge in [0, 0.05) is 23.0 Å². The number of Topliss-reactive ketones (excluding diaryl/α,β-unsaturated/α-hetero) is 1. The van der Waals surface area contributed by atoms with Crippen molar-refractivity contribution in [3.05, 3.63) is 35.4 Å². The second-order valence-electron chi connectivity index (χ2n) is 5.76. The van der Waals surface area contributed by atoms with E-state index < -0.39 is 11.8 Å². The number of hydrogen-bond acceptors (Lipinski definition) is 5. The van der Waals surface area contributed by atoms with E-state index in [-0.39, 0.29) is 17.3 Å².